The summed E-state index contributed by atoms with van der Waals surface area (Å²) in [7, 11) is -3.64. The van der Waals surface area contributed by atoms with Gasteiger partial charge in [-0.05, 0) is 57.8 Å². The van der Waals surface area contributed by atoms with Crippen molar-refractivity contribution in [3.63, 3.8) is 0 Å². The maximum Gasteiger partial charge on any atom is 0.246 e. The van der Waals surface area contributed by atoms with Gasteiger partial charge < -0.3 is 10.1 Å². The second kappa shape index (κ2) is 8.00. The van der Waals surface area contributed by atoms with Crippen molar-refractivity contribution in [1.82, 2.24) is 19.4 Å². The Kier molecular flexibility index (Phi) is 5.74. The number of morpholine rings is 1. The molecule has 0 radical (unpaired) electrons. The van der Waals surface area contributed by atoms with E-state index in [1.165, 1.54) is 34.7 Å². The lowest BCUT2D eigenvalue weighted by atomic mass is 9.84. The number of sulfonamides is 1. The van der Waals surface area contributed by atoms with E-state index in [1.54, 1.807) is 13.8 Å². The fourth-order valence-corrected chi connectivity index (χ4v) is 7.35. The lowest BCUT2D eigenvalue weighted by Crippen LogP contribution is -2.42. The highest BCUT2D eigenvalue weighted by atomic mass is 32.2. The summed E-state index contributed by atoms with van der Waals surface area (Å²) in [4.78, 5) is 12.9. The number of hydrogen-bond donors (Lipinski definition) is 1. The van der Waals surface area contributed by atoms with Gasteiger partial charge in [-0.3, -0.25) is 9.48 Å². The number of hydrogen-bond acceptors (Lipinski definition) is 5. The molecule has 4 atom stereocenters. The van der Waals surface area contributed by atoms with Crippen LogP contribution in [0.3, 0.4) is 0 Å². The molecule has 3 fully saturated rings. The smallest absolute Gasteiger partial charge is 0.246 e. The molecular formula is C20H32N4O4S. The standard InChI is InChI=1S/C20H32N4O4S/c1-13(18-11-16-4-5-17(18)10-16)21-19(25)12-24-15(3)20(14(2)22-24)29(26,27)23-6-8-28-9-7-23/h13,16-18H,4-12H2,1-3H3,(H,21,25). The van der Waals surface area contributed by atoms with Crippen LogP contribution in [0.1, 0.15) is 44.0 Å². The lowest BCUT2D eigenvalue weighted by molar-refractivity contribution is -0.123. The molecular weight excluding hydrogens is 392 g/mol. The first-order valence-corrected chi connectivity index (χ1v) is 12.1. The number of carbonyl (C=O) groups excluding carboxylic acids is 1. The zero-order valence-electron chi connectivity index (χ0n) is 17.6. The average molecular weight is 425 g/mol. The van der Waals surface area contributed by atoms with Crippen molar-refractivity contribution in [1.29, 1.82) is 0 Å². The monoisotopic (exact) mass is 424 g/mol. The highest BCUT2D eigenvalue weighted by Crippen LogP contribution is 2.49. The van der Waals surface area contributed by atoms with Gasteiger partial charge in [0.25, 0.3) is 0 Å². The van der Waals surface area contributed by atoms with Gasteiger partial charge in [0.15, 0.2) is 0 Å². The maximum atomic E-state index is 13.1. The average Bonchev–Trinajstić information content (AvgIpc) is 3.38. The zero-order valence-corrected chi connectivity index (χ0v) is 18.4. The van der Waals surface area contributed by atoms with Crippen LogP contribution in [0.5, 0.6) is 0 Å². The Morgan fingerprint density at radius 3 is 2.59 bits per heavy atom. The predicted octanol–water partition coefficient (Wildman–Crippen LogP) is 1.46. The van der Waals surface area contributed by atoms with Gasteiger partial charge in [-0.1, -0.05) is 6.42 Å². The summed E-state index contributed by atoms with van der Waals surface area (Å²) in [6.45, 7) is 7.02. The number of ether oxygens (including phenoxy) is 1. The Balaban J connectivity index is 1.44. The second-order valence-corrected chi connectivity index (χ2v) is 10.7. The van der Waals surface area contributed by atoms with Gasteiger partial charge in [0, 0.05) is 19.1 Å². The van der Waals surface area contributed by atoms with Gasteiger partial charge in [0.2, 0.25) is 15.9 Å². The van der Waals surface area contributed by atoms with Crippen LogP contribution < -0.4 is 5.32 Å². The van der Waals surface area contributed by atoms with Crippen LogP contribution in [0.2, 0.25) is 0 Å². The van der Waals surface area contributed by atoms with Gasteiger partial charge >= 0.3 is 0 Å². The van der Waals surface area contributed by atoms with Gasteiger partial charge in [0.1, 0.15) is 11.4 Å². The number of carbonyl (C=O) groups is 1. The van der Waals surface area contributed by atoms with Crippen molar-refractivity contribution < 1.29 is 17.9 Å². The van der Waals surface area contributed by atoms with Gasteiger partial charge in [-0.15, -0.1) is 0 Å². The van der Waals surface area contributed by atoms with Crippen molar-refractivity contribution in [2.24, 2.45) is 17.8 Å². The maximum absolute atomic E-state index is 13.1. The molecule has 162 valence electrons. The molecule has 2 saturated carbocycles. The van der Waals surface area contributed by atoms with Gasteiger partial charge in [-0.2, -0.15) is 9.40 Å². The minimum Gasteiger partial charge on any atom is -0.379 e. The lowest BCUT2D eigenvalue weighted by Gasteiger charge is -2.28. The Morgan fingerprint density at radius 2 is 1.97 bits per heavy atom. The van der Waals surface area contributed by atoms with Crippen LogP contribution in [0.4, 0.5) is 0 Å². The summed E-state index contributed by atoms with van der Waals surface area (Å²) in [5.41, 5.74) is 0.944. The Bertz CT molecular complexity index is 875. The number of fused-ring (bicyclic) bond motifs is 2. The number of nitrogens with one attached hydrogen (secondary N) is 1. The molecule has 29 heavy (non-hydrogen) atoms. The molecule has 8 nitrogen and oxygen atoms in total. The predicted molar refractivity (Wildman–Crippen MR) is 108 cm³/mol. The summed E-state index contributed by atoms with van der Waals surface area (Å²) in [6, 6.07) is 0.145. The molecule has 1 aromatic heterocycles. The van der Waals surface area contributed by atoms with E-state index >= 15 is 0 Å². The van der Waals surface area contributed by atoms with Gasteiger partial charge in [0.05, 0.1) is 24.6 Å². The van der Waals surface area contributed by atoms with Crippen molar-refractivity contribution in [3.8, 4) is 0 Å². The van der Waals surface area contributed by atoms with Crippen LogP contribution in [-0.2, 0) is 26.1 Å². The SMILES string of the molecule is Cc1nn(CC(=O)NC(C)C2CC3CCC2C3)c(C)c1S(=O)(=O)N1CCOCC1. The first kappa shape index (κ1) is 20.8. The van der Waals surface area contributed by atoms with Crippen molar-refractivity contribution in [2.75, 3.05) is 26.3 Å². The van der Waals surface area contributed by atoms with E-state index < -0.39 is 10.0 Å². The largest absolute Gasteiger partial charge is 0.379 e. The fraction of sp³-hybridized carbons (Fsp3) is 0.800. The summed E-state index contributed by atoms with van der Waals surface area (Å²) >= 11 is 0. The van der Waals surface area contributed by atoms with E-state index in [1.807, 2.05) is 0 Å². The van der Waals surface area contributed by atoms with E-state index in [0.29, 0.717) is 43.6 Å². The number of rotatable bonds is 6. The number of aromatic nitrogens is 2. The molecule has 9 heteroatoms. The first-order valence-electron chi connectivity index (χ1n) is 10.7. The molecule has 1 amide bonds. The molecule has 3 aliphatic rings. The Labute approximate surface area is 173 Å². The molecule has 1 aromatic rings. The van der Waals surface area contributed by atoms with E-state index in [2.05, 4.69) is 17.3 Å². The Morgan fingerprint density at radius 1 is 1.24 bits per heavy atom. The van der Waals surface area contributed by atoms with Crippen LogP contribution in [0.15, 0.2) is 4.90 Å². The Hall–Kier alpha value is -1.45. The third-order valence-corrected chi connectivity index (χ3v) is 9.15. The van der Waals surface area contributed by atoms with Crippen LogP contribution in [-0.4, -0.2) is 60.8 Å². The summed E-state index contributed by atoms with van der Waals surface area (Å²) in [5.74, 6) is 2.04. The minimum atomic E-state index is -3.64. The fourth-order valence-electron chi connectivity index (χ4n) is 5.57. The molecule has 2 aliphatic carbocycles. The van der Waals surface area contributed by atoms with E-state index in [4.69, 9.17) is 4.74 Å². The molecule has 1 N–H and O–H groups in total. The van der Waals surface area contributed by atoms with Crippen LogP contribution in [0.25, 0.3) is 0 Å². The molecule has 2 bridgehead atoms. The molecule has 4 rings (SSSR count). The molecule has 1 aliphatic heterocycles. The van der Waals surface area contributed by atoms with Crippen molar-refractivity contribution in [3.05, 3.63) is 11.4 Å². The van der Waals surface area contributed by atoms with Crippen molar-refractivity contribution >= 4 is 15.9 Å². The van der Waals surface area contributed by atoms with E-state index in [9.17, 15) is 13.2 Å². The van der Waals surface area contributed by atoms with Gasteiger partial charge in [-0.25, -0.2) is 8.42 Å². The number of nitrogens with zero attached hydrogens (tertiary/aromatic N) is 3. The minimum absolute atomic E-state index is 0.0382. The second-order valence-electron chi connectivity index (χ2n) is 8.87. The summed E-state index contributed by atoms with van der Waals surface area (Å²) in [6.07, 6.45) is 5.16. The zero-order chi connectivity index (χ0) is 20.8. The van der Waals surface area contributed by atoms with Crippen LogP contribution in [0, 0.1) is 31.6 Å². The molecule has 2 heterocycles. The highest BCUT2D eigenvalue weighted by molar-refractivity contribution is 7.89. The third kappa shape index (κ3) is 3.96. The molecule has 0 spiro atoms. The molecule has 0 aromatic carbocycles. The first-order chi connectivity index (χ1) is 13.8. The number of amides is 1. The third-order valence-electron chi connectivity index (χ3n) is 7.00. The topological polar surface area (TPSA) is 93.5 Å². The molecule has 1 saturated heterocycles. The molecule has 4 unspecified atom stereocenters. The van der Waals surface area contributed by atoms with Crippen molar-refractivity contribution in [2.45, 2.75) is 63.9 Å². The van der Waals surface area contributed by atoms with E-state index in [-0.39, 0.29) is 23.4 Å². The van der Waals surface area contributed by atoms with Crippen LogP contribution >= 0.6 is 0 Å². The summed E-state index contributed by atoms with van der Waals surface area (Å²) < 4.78 is 34.4. The summed E-state index contributed by atoms with van der Waals surface area (Å²) in [5, 5.41) is 7.51. The normalized spacial score (nSPS) is 28.6. The highest BCUT2D eigenvalue weighted by Gasteiger charge is 2.42. The number of aryl methyl sites for hydroxylation is 1. The quantitative estimate of drug-likeness (QED) is 0.746. The van der Waals surface area contributed by atoms with E-state index in [0.717, 1.165) is 11.8 Å².